The molecule has 0 amide bonds. The van der Waals surface area contributed by atoms with Crippen molar-refractivity contribution in [3.8, 4) is 11.5 Å². The van der Waals surface area contributed by atoms with E-state index in [2.05, 4.69) is 0 Å². The van der Waals surface area contributed by atoms with Crippen LogP contribution in [0.2, 0.25) is 0 Å². The van der Waals surface area contributed by atoms with E-state index in [0.717, 1.165) is 0 Å². The third-order valence-corrected chi connectivity index (χ3v) is 2.65. The van der Waals surface area contributed by atoms with Gasteiger partial charge in [0.1, 0.15) is 11.5 Å². The molecule has 2 atom stereocenters. The summed E-state index contributed by atoms with van der Waals surface area (Å²) in [5, 5.41) is 9.68. The lowest BCUT2D eigenvalue weighted by Crippen LogP contribution is -2.38. The minimum Gasteiger partial charge on any atom is -0.497 e. The molecule has 3 nitrogen and oxygen atoms in total. The molecule has 0 saturated carbocycles. The summed E-state index contributed by atoms with van der Waals surface area (Å²) in [7, 11) is 1.44. The van der Waals surface area contributed by atoms with Gasteiger partial charge in [0.05, 0.1) is 13.2 Å². The van der Waals surface area contributed by atoms with Gasteiger partial charge in [-0.05, 0) is 18.2 Å². The average molecular weight is 248 g/mol. The number of benzene rings is 1. The summed E-state index contributed by atoms with van der Waals surface area (Å²) in [5.41, 5.74) is 0.324. The molecule has 0 aliphatic carbocycles. The normalized spacial score (nSPS) is 23.8. The highest BCUT2D eigenvalue weighted by molar-refractivity contribution is 5.43. The number of hydrogen-bond acceptors (Lipinski definition) is 3. The van der Waals surface area contributed by atoms with Crippen LogP contribution in [0.3, 0.4) is 0 Å². The summed E-state index contributed by atoms with van der Waals surface area (Å²) in [4.78, 5) is 0. The Morgan fingerprint density at radius 3 is 2.71 bits per heavy atom. The molecule has 0 bridgehead atoms. The second-order valence-electron chi connectivity index (χ2n) is 3.80. The fourth-order valence-electron chi connectivity index (χ4n) is 1.75. The number of alkyl halides is 3. The van der Waals surface area contributed by atoms with Crippen molar-refractivity contribution in [2.45, 2.75) is 24.8 Å². The molecule has 2 rings (SSSR count). The molecule has 6 heteroatoms. The summed E-state index contributed by atoms with van der Waals surface area (Å²) >= 11 is 0. The molecular weight excluding hydrogens is 237 g/mol. The molecule has 1 aromatic carbocycles. The van der Waals surface area contributed by atoms with Gasteiger partial charge in [-0.3, -0.25) is 0 Å². The second-order valence-corrected chi connectivity index (χ2v) is 3.80. The maximum atomic E-state index is 12.5. The van der Waals surface area contributed by atoms with Gasteiger partial charge in [0.15, 0.2) is 6.10 Å². The van der Waals surface area contributed by atoms with Crippen LogP contribution in [0, 0.1) is 0 Å². The molecular formula is C11H11F3O3. The SMILES string of the molecule is COc1ccc2c(c1)[C@@H](O)C[C@@H](C(F)(F)F)O2. The number of ether oxygens (including phenoxy) is 2. The summed E-state index contributed by atoms with van der Waals surface area (Å²) in [6.07, 6.45) is -8.12. The van der Waals surface area contributed by atoms with Crippen molar-refractivity contribution in [2.24, 2.45) is 0 Å². The fraction of sp³-hybridized carbons (Fsp3) is 0.455. The first-order valence-corrected chi connectivity index (χ1v) is 5.01. The van der Waals surface area contributed by atoms with Crippen LogP contribution in [0.1, 0.15) is 18.1 Å². The smallest absolute Gasteiger partial charge is 0.425 e. The highest BCUT2D eigenvalue weighted by Crippen LogP contribution is 2.41. The van der Waals surface area contributed by atoms with Crippen molar-refractivity contribution >= 4 is 0 Å². The Labute approximate surface area is 95.8 Å². The molecule has 94 valence electrons. The van der Waals surface area contributed by atoms with Crippen LogP contribution in [0.4, 0.5) is 13.2 Å². The van der Waals surface area contributed by atoms with Gasteiger partial charge < -0.3 is 14.6 Å². The lowest BCUT2D eigenvalue weighted by molar-refractivity contribution is -0.207. The van der Waals surface area contributed by atoms with E-state index >= 15 is 0 Å². The van der Waals surface area contributed by atoms with Crippen molar-refractivity contribution < 1.29 is 27.8 Å². The van der Waals surface area contributed by atoms with Crippen LogP contribution in [0.25, 0.3) is 0 Å². The summed E-state index contributed by atoms with van der Waals surface area (Å²) < 4.78 is 47.2. The topological polar surface area (TPSA) is 38.7 Å². The maximum absolute atomic E-state index is 12.5. The largest absolute Gasteiger partial charge is 0.497 e. The molecule has 1 aliphatic heterocycles. The molecule has 17 heavy (non-hydrogen) atoms. The van der Waals surface area contributed by atoms with Gasteiger partial charge >= 0.3 is 6.18 Å². The quantitative estimate of drug-likeness (QED) is 0.829. The van der Waals surface area contributed by atoms with Gasteiger partial charge in [-0.15, -0.1) is 0 Å². The van der Waals surface area contributed by atoms with Gasteiger partial charge in [0.2, 0.25) is 0 Å². The molecule has 0 unspecified atom stereocenters. The van der Waals surface area contributed by atoms with Crippen molar-refractivity contribution in [1.82, 2.24) is 0 Å². The van der Waals surface area contributed by atoms with Crippen LogP contribution in [0.5, 0.6) is 11.5 Å². The number of hydrogen-bond donors (Lipinski definition) is 1. The van der Waals surface area contributed by atoms with Crippen LogP contribution in [-0.4, -0.2) is 24.5 Å². The van der Waals surface area contributed by atoms with Crippen molar-refractivity contribution in [1.29, 1.82) is 0 Å². The van der Waals surface area contributed by atoms with E-state index < -0.39 is 24.8 Å². The standard InChI is InChI=1S/C11H11F3O3/c1-16-6-2-3-9-7(4-6)8(15)5-10(17-9)11(12,13)14/h2-4,8,10,15H,5H2,1H3/t8-,10-/m0/s1. The molecule has 0 aromatic heterocycles. The third kappa shape index (κ3) is 2.31. The first-order chi connectivity index (χ1) is 7.91. The van der Waals surface area contributed by atoms with E-state index in [1.807, 2.05) is 0 Å². The maximum Gasteiger partial charge on any atom is 0.425 e. The Hall–Kier alpha value is -1.43. The monoisotopic (exact) mass is 248 g/mol. The zero-order valence-electron chi connectivity index (χ0n) is 8.99. The number of aliphatic hydroxyl groups excluding tert-OH is 1. The molecule has 0 saturated heterocycles. The zero-order chi connectivity index (χ0) is 12.6. The minimum atomic E-state index is -4.47. The van der Waals surface area contributed by atoms with Crippen LogP contribution in [0.15, 0.2) is 18.2 Å². The van der Waals surface area contributed by atoms with Crippen molar-refractivity contribution in [2.75, 3.05) is 7.11 Å². The van der Waals surface area contributed by atoms with Crippen LogP contribution < -0.4 is 9.47 Å². The Balaban J connectivity index is 2.32. The number of halogens is 3. The van der Waals surface area contributed by atoms with Crippen molar-refractivity contribution in [3.05, 3.63) is 23.8 Å². The Morgan fingerprint density at radius 2 is 2.12 bits per heavy atom. The van der Waals surface area contributed by atoms with Gasteiger partial charge in [-0.2, -0.15) is 13.2 Å². The number of rotatable bonds is 1. The molecule has 1 N–H and O–H groups in total. The fourth-order valence-corrected chi connectivity index (χ4v) is 1.75. The van der Waals surface area contributed by atoms with E-state index in [9.17, 15) is 18.3 Å². The number of aliphatic hydroxyl groups is 1. The first-order valence-electron chi connectivity index (χ1n) is 5.01. The second kappa shape index (κ2) is 4.10. The van der Waals surface area contributed by atoms with Gasteiger partial charge in [0, 0.05) is 12.0 Å². The lowest BCUT2D eigenvalue weighted by Gasteiger charge is -2.30. The lowest BCUT2D eigenvalue weighted by atomic mass is 9.98. The van der Waals surface area contributed by atoms with E-state index in [4.69, 9.17) is 9.47 Å². The predicted molar refractivity (Wildman–Crippen MR) is 53.0 cm³/mol. The highest BCUT2D eigenvalue weighted by Gasteiger charge is 2.45. The average Bonchev–Trinajstić information content (AvgIpc) is 2.27. The molecule has 0 spiro atoms. The van der Waals surface area contributed by atoms with E-state index in [-0.39, 0.29) is 5.75 Å². The number of fused-ring (bicyclic) bond motifs is 1. The summed E-state index contributed by atoms with van der Waals surface area (Å²) in [5.74, 6) is 0.517. The Bertz CT molecular complexity index is 417. The molecule has 1 aromatic rings. The summed E-state index contributed by atoms with van der Waals surface area (Å²) in [6, 6.07) is 4.34. The Kier molecular flexibility index (Phi) is 2.91. The zero-order valence-corrected chi connectivity index (χ0v) is 8.99. The van der Waals surface area contributed by atoms with Crippen LogP contribution >= 0.6 is 0 Å². The first kappa shape index (κ1) is 12.0. The molecule has 1 aliphatic rings. The van der Waals surface area contributed by atoms with E-state index in [1.54, 1.807) is 0 Å². The molecule has 0 radical (unpaired) electrons. The van der Waals surface area contributed by atoms with E-state index in [1.165, 1.54) is 25.3 Å². The van der Waals surface area contributed by atoms with Gasteiger partial charge in [-0.1, -0.05) is 0 Å². The molecule has 0 fully saturated rings. The van der Waals surface area contributed by atoms with Crippen molar-refractivity contribution in [3.63, 3.8) is 0 Å². The summed E-state index contributed by atoms with van der Waals surface area (Å²) in [6.45, 7) is 0. The van der Waals surface area contributed by atoms with Gasteiger partial charge in [-0.25, -0.2) is 0 Å². The Morgan fingerprint density at radius 1 is 1.41 bits per heavy atom. The molecule has 1 heterocycles. The van der Waals surface area contributed by atoms with Crippen LogP contribution in [-0.2, 0) is 0 Å². The predicted octanol–water partition coefficient (Wildman–Crippen LogP) is 2.44. The third-order valence-electron chi connectivity index (χ3n) is 2.65. The minimum absolute atomic E-state index is 0.0480. The number of methoxy groups -OCH3 is 1. The van der Waals surface area contributed by atoms with Gasteiger partial charge in [0.25, 0.3) is 0 Å². The highest BCUT2D eigenvalue weighted by atomic mass is 19.4. The van der Waals surface area contributed by atoms with E-state index in [0.29, 0.717) is 11.3 Å².